The van der Waals surface area contributed by atoms with E-state index in [4.69, 9.17) is 0 Å². The molecule has 1 amide bonds. The Labute approximate surface area is 156 Å². The van der Waals surface area contributed by atoms with Crippen molar-refractivity contribution >= 4 is 28.8 Å². The van der Waals surface area contributed by atoms with Gasteiger partial charge in [0.2, 0.25) is 11.9 Å². The lowest BCUT2D eigenvalue weighted by molar-refractivity contribution is -0.111. The first kappa shape index (κ1) is 16.8. The molecule has 6 heteroatoms. The molecule has 0 saturated carbocycles. The van der Waals surface area contributed by atoms with Gasteiger partial charge in [0.1, 0.15) is 5.82 Å². The Kier molecular flexibility index (Phi) is 4.30. The van der Waals surface area contributed by atoms with Crippen molar-refractivity contribution in [2.24, 2.45) is 7.05 Å². The minimum Gasteiger partial charge on any atom is -0.311 e. The summed E-state index contributed by atoms with van der Waals surface area (Å²) >= 11 is 0. The summed E-state index contributed by atoms with van der Waals surface area (Å²) in [5.41, 5.74) is 3.64. The third-order valence-corrected chi connectivity index (χ3v) is 4.26. The highest BCUT2D eigenvalue weighted by Crippen LogP contribution is 2.21. The molecule has 0 bridgehead atoms. The number of hydrogen-bond donors (Lipinski definition) is 1. The summed E-state index contributed by atoms with van der Waals surface area (Å²) in [5.74, 6) is 0.999. The highest BCUT2D eigenvalue weighted by Gasteiger charge is 2.15. The second kappa shape index (κ2) is 6.92. The fraction of sp³-hybridized carbons (Fsp3) is 0.0952. The van der Waals surface area contributed by atoms with E-state index in [-0.39, 0.29) is 5.91 Å². The Morgan fingerprint density at radius 3 is 2.59 bits per heavy atom. The number of amides is 1. The Morgan fingerprint density at radius 1 is 1.07 bits per heavy atom. The van der Waals surface area contributed by atoms with E-state index < -0.39 is 0 Å². The summed E-state index contributed by atoms with van der Waals surface area (Å²) < 4.78 is 3.61. The monoisotopic (exact) mass is 357 g/mol. The number of imidazole rings is 1. The van der Waals surface area contributed by atoms with Crippen molar-refractivity contribution in [3.63, 3.8) is 0 Å². The number of benzene rings is 2. The molecule has 0 fully saturated rings. The number of nitrogens with one attached hydrogen (secondary N) is 1. The molecule has 27 heavy (non-hydrogen) atoms. The summed E-state index contributed by atoms with van der Waals surface area (Å²) in [6, 6.07) is 19.4. The van der Waals surface area contributed by atoms with Gasteiger partial charge in [-0.1, -0.05) is 42.5 Å². The lowest BCUT2D eigenvalue weighted by Crippen LogP contribution is -2.14. The summed E-state index contributed by atoms with van der Waals surface area (Å²) in [5, 5.41) is 7.40. The zero-order valence-electron chi connectivity index (χ0n) is 15.1. The van der Waals surface area contributed by atoms with Gasteiger partial charge in [-0.3, -0.25) is 4.79 Å². The third-order valence-electron chi connectivity index (χ3n) is 4.26. The Morgan fingerprint density at radius 2 is 1.81 bits per heavy atom. The molecule has 0 radical (unpaired) electrons. The van der Waals surface area contributed by atoms with Crippen molar-refractivity contribution in [2.75, 3.05) is 5.32 Å². The van der Waals surface area contributed by atoms with E-state index in [9.17, 15) is 4.79 Å². The lowest BCUT2D eigenvalue weighted by atomic mass is 10.2. The first-order valence-electron chi connectivity index (χ1n) is 8.64. The van der Waals surface area contributed by atoms with E-state index in [1.54, 1.807) is 10.8 Å². The number of anilines is 1. The van der Waals surface area contributed by atoms with Crippen LogP contribution in [0.1, 0.15) is 11.3 Å². The predicted molar refractivity (Wildman–Crippen MR) is 107 cm³/mol. The van der Waals surface area contributed by atoms with Crippen molar-refractivity contribution in [3.8, 4) is 5.95 Å². The van der Waals surface area contributed by atoms with Crippen LogP contribution in [0.25, 0.3) is 23.1 Å². The van der Waals surface area contributed by atoms with Gasteiger partial charge in [-0.05, 0) is 30.7 Å². The van der Waals surface area contributed by atoms with Crippen LogP contribution in [-0.2, 0) is 11.8 Å². The molecular formula is C21H19N5O. The van der Waals surface area contributed by atoms with Gasteiger partial charge in [0.05, 0.1) is 16.7 Å². The van der Waals surface area contributed by atoms with E-state index in [1.807, 2.05) is 79.2 Å². The number of nitrogens with zero attached hydrogens (tertiary/aromatic N) is 4. The molecule has 6 nitrogen and oxygen atoms in total. The molecular weight excluding hydrogens is 338 g/mol. The highest BCUT2D eigenvalue weighted by atomic mass is 16.1. The maximum absolute atomic E-state index is 12.4. The summed E-state index contributed by atoms with van der Waals surface area (Å²) in [7, 11) is 1.93. The van der Waals surface area contributed by atoms with Gasteiger partial charge in [-0.15, -0.1) is 0 Å². The van der Waals surface area contributed by atoms with Gasteiger partial charge in [0.15, 0.2) is 0 Å². The van der Waals surface area contributed by atoms with Gasteiger partial charge < -0.3 is 9.88 Å². The fourth-order valence-electron chi connectivity index (χ4n) is 2.97. The molecule has 0 spiro atoms. The molecule has 0 atom stereocenters. The first-order valence-corrected chi connectivity index (χ1v) is 8.64. The highest BCUT2D eigenvalue weighted by molar-refractivity contribution is 6.01. The number of aryl methyl sites for hydroxylation is 2. The van der Waals surface area contributed by atoms with Gasteiger partial charge >= 0.3 is 0 Å². The number of fused-ring (bicyclic) bond motifs is 1. The second-order valence-corrected chi connectivity index (χ2v) is 6.28. The normalized spacial score (nSPS) is 11.3. The molecule has 0 aliphatic carbocycles. The van der Waals surface area contributed by atoms with Gasteiger partial charge in [0, 0.05) is 19.2 Å². The molecule has 2 heterocycles. The van der Waals surface area contributed by atoms with Crippen LogP contribution in [0.3, 0.4) is 0 Å². The molecule has 4 rings (SSSR count). The van der Waals surface area contributed by atoms with Crippen LogP contribution in [-0.4, -0.2) is 25.2 Å². The Hall–Kier alpha value is -3.67. The number of aromatic nitrogens is 4. The van der Waals surface area contributed by atoms with Crippen LogP contribution in [0.15, 0.2) is 66.7 Å². The second-order valence-electron chi connectivity index (χ2n) is 6.28. The van der Waals surface area contributed by atoms with E-state index >= 15 is 0 Å². The van der Waals surface area contributed by atoms with E-state index in [2.05, 4.69) is 15.4 Å². The van der Waals surface area contributed by atoms with Crippen molar-refractivity contribution in [1.82, 2.24) is 19.3 Å². The zero-order valence-corrected chi connectivity index (χ0v) is 15.1. The van der Waals surface area contributed by atoms with Gasteiger partial charge in [-0.25, -0.2) is 4.98 Å². The summed E-state index contributed by atoms with van der Waals surface area (Å²) in [6.45, 7) is 1.88. The lowest BCUT2D eigenvalue weighted by Gasteiger charge is -2.07. The van der Waals surface area contributed by atoms with Crippen molar-refractivity contribution in [1.29, 1.82) is 0 Å². The number of para-hydroxylation sites is 2. The average molecular weight is 357 g/mol. The number of carbonyl (C=O) groups is 1. The predicted octanol–water partition coefficient (Wildman–Crippen LogP) is 3.72. The van der Waals surface area contributed by atoms with E-state index in [0.29, 0.717) is 11.8 Å². The minimum atomic E-state index is -0.223. The van der Waals surface area contributed by atoms with Crippen molar-refractivity contribution < 1.29 is 4.79 Å². The smallest absolute Gasteiger partial charge is 0.249 e. The van der Waals surface area contributed by atoms with Crippen LogP contribution in [0.5, 0.6) is 0 Å². The third kappa shape index (κ3) is 3.37. The van der Waals surface area contributed by atoms with E-state index in [1.165, 1.54) is 6.08 Å². The molecule has 0 aliphatic heterocycles. The number of hydrogen-bond acceptors (Lipinski definition) is 3. The molecule has 2 aromatic carbocycles. The zero-order chi connectivity index (χ0) is 18.8. The van der Waals surface area contributed by atoms with Gasteiger partial charge in [0.25, 0.3) is 0 Å². The summed E-state index contributed by atoms with van der Waals surface area (Å²) in [6.07, 6.45) is 3.29. The summed E-state index contributed by atoms with van der Waals surface area (Å²) in [4.78, 5) is 17.0. The Balaban J connectivity index is 1.64. The SMILES string of the molecule is Cc1cc(NC(=O)C=Cc2ccccc2)n(-c2nc3ccccc3n2C)n1. The average Bonchev–Trinajstić information content (AvgIpc) is 3.20. The standard InChI is InChI=1S/C21H19N5O/c1-15-14-19(23-20(27)13-12-16-8-4-3-5-9-16)26(24-15)21-22-17-10-6-7-11-18(17)25(21)2/h3-14H,1-2H3,(H,23,27). The molecule has 2 aromatic heterocycles. The molecule has 4 aromatic rings. The van der Waals surface area contributed by atoms with Crippen molar-refractivity contribution in [2.45, 2.75) is 6.92 Å². The van der Waals surface area contributed by atoms with E-state index in [0.717, 1.165) is 22.3 Å². The number of rotatable bonds is 4. The molecule has 0 unspecified atom stereocenters. The van der Waals surface area contributed by atoms with Crippen LogP contribution in [0.2, 0.25) is 0 Å². The minimum absolute atomic E-state index is 0.223. The maximum Gasteiger partial charge on any atom is 0.249 e. The van der Waals surface area contributed by atoms with Crippen LogP contribution in [0.4, 0.5) is 5.82 Å². The molecule has 0 aliphatic rings. The number of carbonyl (C=O) groups excluding carboxylic acids is 1. The van der Waals surface area contributed by atoms with Crippen LogP contribution < -0.4 is 5.32 Å². The van der Waals surface area contributed by atoms with Crippen molar-refractivity contribution in [3.05, 3.63) is 78.0 Å². The Bertz CT molecular complexity index is 1140. The van der Waals surface area contributed by atoms with Crippen LogP contribution >= 0.6 is 0 Å². The fourth-order valence-corrected chi connectivity index (χ4v) is 2.97. The quantitative estimate of drug-likeness (QED) is 0.566. The largest absolute Gasteiger partial charge is 0.311 e. The topological polar surface area (TPSA) is 64.7 Å². The maximum atomic E-state index is 12.4. The van der Waals surface area contributed by atoms with Gasteiger partial charge in [-0.2, -0.15) is 9.78 Å². The molecule has 0 saturated heterocycles. The van der Waals surface area contributed by atoms with Crippen LogP contribution in [0, 0.1) is 6.92 Å². The first-order chi connectivity index (χ1) is 13.1. The molecule has 1 N–H and O–H groups in total. The molecule has 134 valence electrons.